The number of nitrogens with one attached hydrogen (secondary N) is 1. The van der Waals surface area contributed by atoms with Gasteiger partial charge in [-0.05, 0) is 33.6 Å². The van der Waals surface area contributed by atoms with E-state index >= 15 is 0 Å². The molecule has 1 aliphatic heterocycles. The summed E-state index contributed by atoms with van der Waals surface area (Å²) in [5.74, 6) is -0.159. The van der Waals surface area contributed by atoms with Crippen molar-refractivity contribution < 1.29 is 4.79 Å². The standard InChI is InChI=1S/C13H18N2O2/c1-9-7-11(16)10(8-14-9)12(17)15-6-4-5-13(15,2)3/h7-8H,4-6H2,1-3H3,(H,14,16). The molecule has 0 aliphatic carbocycles. The molecule has 0 unspecified atom stereocenters. The van der Waals surface area contributed by atoms with E-state index in [2.05, 4.69) is 4.98 Å². The maximum absolute atomic E-state index is 12.3. The number of hydrogen-bond donors (Lipinski definition) is 1. The zero-order chi connectivity index (χ0) is 12.6. The van der Waals surface area contributed by atoms with E-state index < -0.39 is 0 Å². The molecular formula is C13H18N2O2. The molecule has 2 heterocycles. The van der Waals surface area contributed by atoms with Gasteiger partial charge in [-0.3, -0.25) is 9.59 Å². The van der Waals surface area contributed by atoms with Crippen LogP contribution < -0.4 is 5.43 Å². The lowest BCUT2D eigenvalue weighted by Crippen LogP contribution is -2.44. The zero-order valence-corrected chi connectivity index (χ0v) is 10.5. The van der Waals surface area contributed by atoms with Crippen LogP contribution in [0.2, 0.25) is 0 Å². The Hall–Kier alpha value is -1.58. The summed E-state index contributed by atoms with van der Waals surface area (Å²) >= 11 is 0. The molecule has 92 valence electrons. The maximum Gasteiger partial charge on any atom is 0.259 e. The second-order valence-corrected chi connectivity index (χ2v) is 5.27. The highest BCUT2D eigenvalue weighted by Crippen LogP contribution is 2.29. The number of carbonyl (C=O) groups is 1. The number of aryl methyl sites for hydroxylation is 1. The molecule has 0 aromatic carbocycles. The molecule has 17 heavy (non-hydrogen) atoms. The molecule has 1 aliphatic rings. The summed E-state index contributed by atoms with van der Waals surface area (Å²) in [6.07, 6.45) is 3.51. The van der Waals surface area contributed by atoms with Crippen molar-refractivity contribution in [3.05, 3.63) is 33.7 Å². The first-order valence-corrected chi connectivity index (χ1v) is 5.93. The van der Waals surface area contributed by atoms with Gasteiger partial charge in [0.15, 0.2) is 5.43 Å². The van der Waals surface area contributed by atoms with Gasteiger partial charge in [0.2, 0.25) is 0 Å². The topological polar surface area (TPSA) is 53.2 Å². The molecule has 0 radical (unpaired) electrons. The normalized spacial score (nSPS) is 18.4. The summed E-state index contributed by atoms with van der Waals surface area (Å²) in [6, 6.07) is 1.47. The third-order valence-corrected chi connectivity index (χ3v) is 3.43. The van der Waals surface area contributed by atoms with Crippen LogP contribution in [0.3, 0.4) is 0 Å². The minimum absolute atomic E-state index is 0.144. The van der Waals surface area contributed by atoms with E-state index in [0.29, 0.717) is 0 Å². The molecular weight excluding hydrogens is 216 g/mol. The van der Waals surface area contributed by atoms with Gasteiger partial charge in [-0.1, -0.05) is 0 Å². The number of carbonyl (C=O) groups excluding carboxylic acids is 1. The van der Waals surface area contributed by atoms with E-state index in [0.717, 1.165) is 25.1 Å². The van der Waals surface area contributed by atoms with Gasteiger partial charge in [-0.15, -0.1) is 0 Å². The molecule has 4 heteroatoms. The van der Waals surface area contributed by atoms with E-state index in [4.69, 9.17) is 0 Å². The van der Waals surface area contributed by atoms with Crippen molar-refractivity contribution in [1.29, 1.82) is 0 Å². The quantitative estimate of drug-likeness (QED) is 0.804. The van der Waals surface area contributed by atoms with Crippen LogP contribution in [0, 0.1) is 6.92 Å². The van der Waals surface area contributed by atoms with Gasteiger partial charge in [-0.2, -0.15) is 0 Å². The Morgan fingerprint density at radius 3 is 2.71 bits per heavy atom. The average Bonchev–Trinajstić information content (AvgIpc) is 2.57. The number of pyridine rings is 1. The lowest BCUT2D eigenvalue weighted by atomic mass is 10.0. The lowest BCUT2D eigenvalue weighted by molar-refractivity contribution is 0.0650. The molecule has 2 rings (SSSR count). The average molecular weight is 234 g/mol. The maximum atomic E-state index is 12.3. The van der Waals surface area contributed by atoms with Crippen molar-refractivity contribution in [3.8, 4) is 0 Å². The molecule has 1 saturated heterocycles. The molecule has 0 atom stereocenters. The second-order valence-electron chi connectivity index (χ2n) is 5.27. The number of rotatable bonds is 1. The van der Waals surface area contributed by atoms with Gasteiger partial charge in [0.25, 0.3) is 5.91 Å². The number of H-pyrrole nitrogens is 1. The highest BCUT2D eigenvalue weighted by Gasteiger charge is 2.36. The Kier molecular flexibility index (Phi) is 2.81. The SMILES string of the molecule is Cc1cc(=O)c(C(=O)N2CCCC2(C)C)c[nH]1. The highest BCUT2D eigenvalue weighted by molar-refractivity contribution is 5.94. The smallest absolute Gasteiger partial charge is 0.259 e. The van der Waals surface area contributed by atoms with Crippen LogP contribution in [0.1, 0.15) is 42.7 Å². The molecule has 0 spiro atoms. The van der Waals surface area contributed by atoms with Gasteiger partial charge < -0.3 is 9.88 Å². The molecule has 0 bridgehead atoms. The van der Waals surface area contributed by atoms with Crippen LogP contribution in [0.5, 0.6) is 0 Å². The van der Waals surface area contributed by atoms with Gasteiger partial charge >= 0.3 is 0 Å². The summed E-state index contributed by atoms with van der Waals surface area (Å²) in [4.78, 5) is 28.8. The van der Waals surface area contributed by atoms with Crippen LogP contribution in [0.15, 0.2) is 17.1 Å². The van der Waals surface area contributed by atoms with E-state index in [1.54, 1.807) is 11.8 Å². The third-order valence-electron chi connectivity index (χ3n) is 3.43. The van der Waals surface area contributed by atoms with Gasteiger partial charge in [0, 0.05) is 30.0 Å². The number of aromatic amines is 1. The van der Waals surface area contributed by atoms with Gasteiger partial charge in [-0.25, -0.2) is 0 Å². The van der Waals surface area contributed by atoms with Crippen molar-refractivity contribution in [2.45, 2.75) is 39.2 Å². The number of amides is 1. The van der Waals surface area contributed by atoms with E-state index in [1.807, 2.05) is 13.8 Å². The molecule has 1 aromatic heterocycles. The Bertz CT molecular complexity index is 502. The van der Waals surface area contributed by atoms with Crippen LogP contribution in [0.4, 0.5) is 0 Å². The summed E-state index contributed by atoms with van der Waals surface area (Å²) in [6.45, 7) is 6.62. The number of nitrogens with zero attached hydrogens (tertiary/aromatic N) is 1. The molecule has 4 nitrogen and oxygen atoms in total. The van der Waals surface area contributed by atoms with E-state index in [1.165, 1.54) is 12.3 Å². The largest absolute Gasteiger partial charge is 0.364 e. The molecule has 1 N–H and O–H groups in total. The van der Waals surface area contributed by atoms with Gasteiger partial charge in [0.05, 0.1) is 0 Å². The van der Waals surface area contributed by atoms with Crippen molar-refractivity contribution >= 4 is 5.91 Å². The summed E-state index contributed by atoms with van der Waals surface area (Å²) in [5.41, 5.74) is 0.667. The molecule has 0 saturated carbocycles. The van der Waals surface area contributed by atoms with Crippen LogP contribution in [-0.4, -0.2) is 27.9 Å². The van der Waals surface area contributed by atoms with Crippen LogP contribution in [-0.2, 0) is 0 Å². The van der Waals surface area contributed by atoms with Crippen LogP contribution >= 0.6 is 0 Å². The Balaban J connectivity index is 2.35. The van der Waals surface area contributed by atoms with E-state index in [-0.39, 0.29) is 22.4 Å². The van der Waals surface area contributed by atoms with Crippen molar-refractivity contribution in [1.82, 2.24) is 9.88 Å². The highest BCUT2D eigenvalue weighted by atomic mass is 16.2. The first-order valence-electron chi connectivity index (χ1n) is 5.93. The first kappa shape index (κ1) is 11.9. The Morgan fingerprint density at radius 1 is 1.47 bits per heavy atom. The lowest BCUT2D eigenvalue weighted by Gasteiger charge is -2.31. The van der Waals surface area contributed by atoms with Crippen LogP contribution in [0.25, 0.3) is 0 Å². The summed E-state index contributed by atoms with van der Waals surface area (Å²) < 4.78 is 0. The minimum Gasteiger partial charge on any atom is -0.364 e. The zero-order valence-electron chi connectivity index (χ0n) is 10.5. The molecule has 1 amide bonds. The van der Waals surface area contributed by atoms with Crippen molar-refractivity contribution in [3.63, 3.8) is 0 Å². The Labute approximate surface area is 101 Å². The first-order chi connectivity index (χ1) is 7.92. The van der Waals surface area contributed by atoms with E-state index in [9.17, 15) is 9.59 Å². The minimum atomic E-state index is -0.200. The summed E-state index contributed by atoms with van der Waals surface area (Å²) in [5, 5.41) is 0. The fourth-order valence-electron chi connectivity index (χ4n) is 2.37. The third kappa shape index (κ3) is 2.12. The molecule has 1 aromatic rings. The Morgan fingerprint density at radius 2 is 2.18 bits per heavy atom. The number of hydrogen-bond acceptors (Lipinski definition) is 2. The monoisotopic (exact) mass is 234 g/mol. The fraction of sp³-hybridized carbons (Fsp3) is 0.538. The number of likely N-dealkylation sites (tertiary alicyclic amines) is 1. The summed E-state index contributed by atoms with van der Waals surface area (Å²) in [7, 11) is 0. The molecule has 1 fully saturated rings. The van der Waals surface area contributed by atoms with Crippen molar-refractivity contribution in [2.75, 3.05) is 6.54 Å². The fourth-order valence-corrected chi connectivity index (χ4v) is 2.37. The number of aromatic nitrogens is 1. The second kappa shape index (κ2) is 4.02. The predicted molar refractivity (Wildman–Crippen MR) is 66.1 cm³/mol. The predicted octanol–water partition coefficient (Wildman–Crippen LogP) is 1.70. The van der Waals surface area contributed by atoms with Gasteiger partial charge in [0.1, 0.15) is 5.56 Å². The van der Waals surface area contributed by atoms with Crippen molar-refractivity contribution in [2.24, 2.45) is 0 Å².